The zero-order valence-corrected chi connectivity index (χ0v) is 6.80. The van der Waals surface area contributed by atoms with Crippen LogP contribution in [0.2, 0.25) is 0 Å². The molecule has 0 N–H and O–H groups in total. The van der Waals surface area contributed by atoms with Gasteiger partial charge in [0.2, 0.25) is 0 Å². The Morgan fingerprint density at radius 3 is 1.20 bits per heavy atom. The fourth-order valence-electron chi connectivity index (χ4n) is 0.417. The highest BCUT2D eigenvalue weighted by Gasteiger charge is 2.36. The number of hydrogen-bond acceptors (Lipinski definition) is 3. The minimum Gasteiger partial charge on any atom is -0.388 e. The van der Waals surface area contributed by atoms with Gasteiger partial charge in [0.05, 0.1) is 0 Å². The van der Waals surface area contributed by atoms with Crippen molar-refractivity contribution in [1.29, 1.82) is 0 Å². The average molecular weight is 238 g/mol. The molecule has 9 heteroatoms. The number of rotatable bonds is 4. The molecule has 0 rings (SSSR count). The molecule has 0 aliphatic rings. The number of esters is 2. The fraction of sp³-hybridized carbons (Fsp3) is 0.667. The summed E-state index contributed by atoms with van der Waals surface area (Å²) < 4.78 is 73.1. The first-order valence-electron chi connectivity index (χ1n) is 3.37. The lowest BCUT2D eigenvalue weighted by Crippen LogP contribution is -2.33. The van der Waals surface area contributed by atoms with E-state index < -0.39 is 37.1 Å². The van der Waals surface area contributed by atoms with Crippen molar-refractivity contribution in [2.45, 2.75) is 25.2 Å². The Morgan fingerprint density at radius 1 is 0.733 bits per heavy atom. The highest BCUT2D eigenvalue weighted by molar-refractivity contribution is 5.90. The highest BCUT2D eigenvalue weighted by Crippen LogP contribution is 2.11. The van der Waals surface area contributed by atoms with Crippen LogP contribution in [0.15, 0.2) is 0 Å². The molecule has 0 amide bonds. The second-order valence-electron chi connectivity index (χ2n) is 2.21. The molecular formula is C6H4F6O3. The van der Waals surface area contributed by atoms with Gasteiger partial charge in [0.1, 0.15) is 0 Å². The summed E-state index contributed by atoms with van der Waals surface area (Å²) in [6.07, 6.45) is -14.5. The smallest absolute Gasteiger partial charge is 0.354 e. The van der Waals surface area contributed by atoms with E-state index in [0.29, 0.717) is 0 Å². The summed E-state index contributed by atoms with van der Waals surface area (Å²) in [6, 6.07) is 0. The molecule has 0 spiro atoms. The van der Waals surface area contributed by atoms with E-state index in [1.165, 1.54) is 0 Å². The standard InChI is InChI=1S/C6H4F6O3/c7-1(3(9)10)5(13)15-6(14)2(8)4(11)12/h1-4H. The van der Waals surface area contributed by atoms with E-state index in [-0.39, 0.29) is 0 Å². The van der Waals surface area contributed by atoms with Crippen molar-refractivity contribution < 1.29 is 40.7 Å². The van der Waals surface area contributed by atoms with Gasteiger partial charge in [-0.2, -0.15) is 0 Å². The van der Waals surface area contributed by atoms with Crippen LogP contribution in [0, 0.1) is 0 Å². The van der Waals surface area contributed by atoms with E-state index in [1.807, 2.05) is 0 Å². The molecule has 0 bridgehead atoms. The van der Waals surface area contributed by atoms with Crippen molar-refractivity contribution >= 4 is 11.9 Å². The Balaban J connectivity index is 4.25. The summed E-state index contributed by atoms with van der Waals surface area (Å²) in [5, 5.41) is 0. The Labute approximate surface area is 79.0 Å². The monoisotopic (exact) mass is 238 g/mol. The van der Waals surface area contributed by atoms with Crippen LogP contribution in [0.4, 0.5) is 26.3 Å². The van der Waals surface area contributed by atoms with Gasteiger partial charge < -0.3 is 4.74 Å². The summed E-state index contributed by atoms with van der Waals surface area (Å²) in [6.45, 7) is 0. The molecule has 0 fully saturated rings. The molecule has 88 valence electrons. The van der Waals surface area contributed by atoms with E-state index in [4.69, 9.17) is 0 Å². The first-order valence-corrected chi connectivity index (χ1v) is 3.37. The van der Waals surface area contributed by atoms with E-state index in [9.17, 15) is 35.9 Å². The van der Waals surface area contributed by atoms with E-state index >= 15 is 0 Å². The number of carbonyl (C=O) groups excluding carboxylic acids is 2. The van der Waals surface area contributed by atoms with E-state index in [2.05, 4.69) is 4.74 Å². The van der Waals surface area contributed by atoms with E-state index in [1.54, 1.807) is 0 Å². The van der Waals surface area contributed by atoms with Crippen molar-refractivity contribution in [1.82, 2.24) is 0 Å². The van der Waals surface area contributed by atoms with Crippen LogP contribution in [-0.2, 0) is 14.3 Å². The second kappa shape index (κ2) is 5.56. The van der Waals surface area contributed by atoms with Gasteiger partial charge >= 0.3 is 11.9 Å². The van der Waals surface area contributed by atoms with Crippen molar-refractivity contribution in [3.8, 4) is 0 Å². The summed E-state index contributed by atoms with van der Waals surface area (Å²) in [7, 11) is 0. The lowest BCUT2D eigenvalue weighted by Gasteiger charge is -2.08. The first kappa shape index (κ1) is 13.7. The number of carbonyl (C=O) groups is 2. The molecule has 0 aromatic carbocycles. The van der Waals surface area contributed by atoms with Gasteiger partial charge in [0, 0.05) is 0 Å². The molecule has 2 atom stereocenters. The molecule has 0 saturated carbocycles. The fourth-order valence-corrected chi connectivity index (χ4v) is 0.417. The van der Waals surface area contributed by atoms with Crippen molar-refractivity contribution in [3.63, 3.8) is 0 Å². The number of ether oxygens (including phenoxy) is 1. The second-order valence-corrected chi connectivity index (χ2v) is 2.21. The topological polar surface area (TPSA) is 43.4 Å². The maximum Gasteiger partial charge on any atom is 0.354 e. The molecule has 15 heavy (non-hydrogen) atoms. The summed E-state index contributed by atoms with van der Waals surface area (Å²) in [4.78, 5) is 20.4. The van der Waals surface area contributed by atoms with Crippen molar-refractivity contribution in [2.75, 3.05) is 0 Å². The molecule has 2 unspecified atom stereocenters. The van der Waals surface area contributed by atoms with Gasteiger partial charge in [-0.1, -0.05) is 0 Å². The van der Waals surface area contributed by atoms with Gasteiger partial charge in [0.25, 0.3) is 25.2 Å². The molecule has 0 aliphatic heterocycles. The molecule has 0 saturated heterocycles. The summed E-state index contributed by atoms with van der Waals surface area (Å²) >= 11 is 0. The third-order valence-electron chi connectivity index (χ3n) is 1.09. The van der Waals surface area contributed by atoms with Gasteiger partial charge in [-0.3, -0.25) is 0 Å². The SMILES string of the molecule is O=C(OC(=O)C(F)C(F)F)C(F)C(F)F. The Hall–Kier alpha value is -1.28. The van der Waals surface area contributed by atoms with Gasteiger partial charge in [-0.05, 0) is 0 Å². The summed E-state index contributed by atoms with van der Waals surface area (Å²) in [5.74, 6) is -4.81. The van der Waals surface area contributed by atoms with Crippen LogP contribution in [0.5, 0.6) is 0 Å². The normalized spacial score (nSPS) is 15.2. The zero-order valence-electron chi connectivity index (χ0n) is 6.80. The minimum atomic E-state index is -3.78. The first-order chi connectivity index (χ1) is 6.77. The Kier molecular flexibility index (Phi) is 5.09. The third-order valence-corrected chi connectivity index (χ3v) is 1.09. The minimum absolute atomic E-state index is 2.40. The molecular weight excluding hydrogens is 234 g/mol. The van der Waals surface area contributed by atoms with Gasteiger partial charge in [0.15, 0.2) is 0 Å². The number of halogens is 6. The van der Waals surface area contributed by atoms with Crippen LogP contribution in [0.3, 0.4) is 0 Å². The molecule has 0 aromatic rings. The molecule has 0 radical (unpaired) electrons. The molecule has 3 nitrogen and oxygen atoms in total. The lowest BCUT2D eigenvalue weighted by molar-refractivity contribution is -0.173. The van der Waals surface area contributed by atoms with Crippen molar-refractivity contribution in [2.24, 2.45) is 0 Å². The number of alkyl halides is 6. The van der Waals surface area contributed by atoms with Crippen LogP contribution >= 0.6 is 0 Å². The predicted molar refractivity (Wildman–Crippen MR) is 32.9 cm³/mol. The predicted octanol–water partition coefficient (Wildman–Crippen LogP) is 1.26. The van der Waals surface area contributed by atoms with Crippen LogP contribution in [0.1, 0.15) is 0 Å². The quantitative estimate of drug-likeness (QED) is 0.420. The van der Waals surface area contributed by atoms with Crippen LogP contribution in [-0.4, -0.2) is 37.1 Å². The lowest BCUT2D eigenvalue weighted by atomic mass is 10.4. The Morgan fingerprint density at radius 2 is 1.00 bits per heavy atom. The zero-order chi connectivity index (χ0) is 12.2. The van der Waals surface area contributed by atoms with Crippen LogP contribution < -0.4 is 0 Å². The van der Waals surface area contributed by atoms with Gasteiger partial charge in [-0.15, -0.1) is 0 Å². The maximum atomic E-state index is 12.1. The Bertz CT molecular complexity index is 219. The average Bonchev–Trinajstić information content (AvgIpc) is 2.14. The maximum absolute atomic E-state index is 12.1. The summed E-state index contributed by atoms with van der Waals surface area (Å²) in [5.41, 5.74) is 0. The largest absolute Gasteiger partial charge is 0.388 e. The van der Waals surface area contributed by atoms with E-state index in [0.717, 1.165) is 0 Å². The molecule has 0 aliphatic carbocycles. The molecule has 0 heterocycles. The molecule has 0 aromatic heterocycles. The van der Waals surface area contributed by atoms with Gasteiger partial charge in [-0.25, -0.2) is 35.9 Å². The van der Waals surface area contributed by atoms with Crippen LogP contribution in [0.25, 0.3) is 0 Å². The number of hydrogen-bond donors (Lipinski definition) is 0. The third kappa shape index (κ3) is 4.17. The van der Waals surface area contributed by atoms with Crippen molar-refractivity contribution in [3.05, 3.63) is 0 Å². The highest BCUT2D eigenvalue weighted by atomic mass is 19.3.